The smallest absolute Gasteiger partial charge is 0.279 e. The molecule has 2 aromatic rings. The van der Waals surface area contributed by atoms with Crippen LogP contribution in [0.3, 0.4) is 0 Å². The Bertz CT molecular complexity index is 602. The van der Waals surface area contributed by atoms with Crippen LogP contribution in [0, 0.1) is 6.92 Å². The summed E-state index contributed by atoms with van der Waals surface area (Å²) in [4.78, 5) is 11.9. The molecule has 0 radical (unpaired) electrons. The number of hydrazine groups is 1. The van der Waals surface area contributed by atoms with Gasteiger partial charge in [-0.3, -0.25) is 10.2 Å². The fourth-order valence-electron chi connectivity index (χ4n) is 1.80. The summed E-state index contributed by atoms with van der Waals surface area (Å²) in [5.41, 5.74) is 3.91. The predicted molar refractivity (Wildman–Crippen MR) is 81.0 cm³/mol. The first-order valence-electron chi connectivity index (χ1n) is 6.10. The van der Waals surface area contributed by atoms with Crippen molar-refractivity contribution in [2.75, 3.05) is 0 Å². The summed E-state index contributed by atoms with van der Waals surface area (Å²) < 4.78 is 6.77. The summed E-state index contributed by atoms with van der Waals surface area (Å²) in [5, 5.41) is 0. The average Bonchev–Trinajstić information content (AvgIpc) is 2.48. The molecule has 0 bridgehead atoms. The van der Waals surface area contributed by atoms with Crippen molar-refractivity contribution in [1.82, 2.24) is 5.43 Å². The highest BCUT2D eigenvalue weighted by atomic mass is 79.9. The monoisotopic (exact) mass is 334 g/mol. The molecule has 0 spiro atoms. The zero-order valence-electron chi connectivity index (χ0n) is 11.0. The summed E-state index contributed by atoms with van der Waals surface area (Å²) in [6.07, 6.45) is -0.776. The number of benzene rings is 2. The Hall–Kier alpha value is -1.85. The molecule has 5 heteroatoms. The van der Waals surface area contributed by atoms with Crippen molar-refractivity contribution < 1.29 is 9.53 Å². The van der Waals surface area contributed by atoms with Gasteiger partial charge in [0.25, 0.3) is 5.91 Å². The van der Waals surface area contributed by atoms with E-state index in [2.05, 4.69) is 21.4 Å². The molecule has 20 heavy (non-hydrogen) atoms. The molecular weight excluding hydrogens is 320 g/mol. The molecule has 1 amide bonds. The standard InChI is InChI=1S/C15H15BrN2O2/c1-10-9-12(7-8-13(10)16)20-14(15(19)18-17)11-5-3-2-4-6-11/h2-9,14H,17H2,1H3,(H,18,19). The summed E-state index contributed by atoms with van der Waals surface area (Å²) in [6.45, 7) is 1.96. The SMILES string of the molecule is Cc1cc(OC(C(=O)NN)c2ccccc2)ccc1Br. The molecule has 2 aromatic carbocycles. The first-order valence-corrected chi connectivity index (χ1v) is 6.89. The van der Waals surface area contributed by atoms with E-state index in [1.807, 2.05) is 49.4 Å². The van der Waals surface area contributed by atoms with Gasteiger partial charge in [0.05, 0.1) is 0 Å². The molecule has 0 saturated carbocycles. The van der Waals surface area contributed by atoms with E-state index in [9.17, 15) is 4.79 Å². The second-order valence-corrected chi connectivity index (χ2v) is 5.18. The number of carbonyl (C=O) groups is 1. The molecule has 1 unspecified atom stereocenters. The van der Waals surface area contributed by atoms with Crippen LogP contribution in [0.4, 0.5) is 0 Å². The average molecular weight is 335 g/mol. The molecule has 104 valence electrons. The van der Waals surface area contributed by atoms with E-state index in [4.69, 9.17) is 10.6 Å². The number of hydrogen-bond donors (Lipinski definition) is 2. The van der Waals surface area contributed by atoms with Crippen LogP contribution in [-0.2, 0) is 4.79 Å². The lowest BCUT2D eigenvalue weighted by atomic mass is 10.1. The number of ether oxygens (including phenoxy) is 1. The van der Waals surface area contributed by atoms with E-state index in [1.54, 1.807) is 6.07 Å². The quantitative estimate of drug-likeness (QED) is 0.513. The number of carbonyl (C=O) groups excluding carboxylic acids is 1. The van der Waals surface area contributed by atoms with Crippen molar-refractivity contribution in [1.29, 1.82) is 0 Å². The summed E-state index contributed by atoms with van der Waals surface area (Å²) >= 11 is 3.43. The van der Waals surface area contributed by atoms with Gasteiger partial charge in [-0.2, -0.15) is 0 Å². The molecule has 0 heterocycles. The van der Waals surface area contributed by atoms with Gasteiger partial charge < -0.3 is 4.74 Å². The molecule has 4 nitrogen and oxygen atoms in total. The first-order chi connectivity index (χ1) is 9.61. The van der Waals surface area contributed by atoms with E-state index in [-0.39, 0.29) is 0 Å². The molecule has 0 fully saturated rings. The van der Waals surface area contributed by atoms with Crippen molar-refractivity contribution in [3.8, 4) is 5.75 Å². The largest absolute Gasteiger partial charge is 0.476 e. The fraction of sp³-hybridized carbons (Fsp3) is 0.133. The highest BCUT2D eigenvalue weighted by Crippen LogP contribution is 2.26. The minimum atomic E-state index is -0.776. The number of amides is 1. The zero-order chi connectivity index (χ0) is 14.5. The Labute approximate surface area is 126 Å². The van der Waals surface area contributed by atoms with Gasteiger partial charge in [0, 0.05) is 10.0 Å². The second-order valence-electron chi connectivity index (χ2n) is 4.33. The van der Waals surface area contributed by atoms with Crippen LogP contribution in [0.2, 0.25) is 0 Å². The van der Waals surface area contributed by atoms with Crippen molar-refractivity contribution in [3.63, 3.8) is 0 Å². The van der Waals surface area contributed by atoms with E-state index >= 15 is 0 Å². The van der Waals surface area contributed by atoms with Gasteiger partial charge in [-0.25, -0.2) is 5.84 Å². The number of nitrogens with one attached hydrogen (secondary N) is 1. The second kappa shape index (κ2) is 6.54. The van der Waals surface area contributed by atoms with Crippen LogP contribution >= 0.6 is 15.9 Å². The zero-order valence-corrected chi connectivity index (χ0v) is 12.6. The third kappa shape index (κ3) is 3.37. The van der Waals surface area contributed by atoms with Gasteiger partial charge in [-0.05, 0) is 30.7 Å². The summed E-state index contributed by atoms with van der Waals surface area (Å²) in [7, 11) is 0. The Kier molecular flexibility index (Phi) is 4.76. The Balaban J connectivity index is 2.28. The van der Waals surface area contributed by atoms with Gasteiger partial charge >= 0.3 is 0 Å². The number of hydrogen-bond acceptors (Lipinski definition) is 3. The molecule has 0 aliphatic carbocycles. The van der Waals surface area contributed by atoms with Crippen LogP contribution in [0.15, 0.2) is 53.0 Å². The number of nitrogens with two attached hydrogens (primary N) is 1. The van der Waals surface area contributed by atoms with E-state index < -0.39 is 12.0 Å². The number of halogens is 1. The Morgan fingerprint density at radius 3 is 2.55 bits per heavy atom. The highest BCUT2D eigenvalue weighted by molar-refractivity contribution is 9.10. The van der Waals surface area contributed by atoms with E-state index in [1.165, 1.54) is 0 Å². The topological polar surface area (TPSA) is 64.3 Å². The van der Waals surface area contributed by atoms with Gasteiger partial charge in [0.2, 0.25) is 6.10 Å². The molecule has 2 rings (SSSR count). The molecule has 0 aromatic heterocycles. The minimum absolute atomic E-state index is 0.392. The maximum Gasteiger partial charge on any atom is 0.279 e. The lowest BCUT2D eigenvalue weighted by Gasteiger charge is -2.18. The van der Waals surface area contributed by atoms with Crippen LogP contribution in [0.25, 0.3) is 0 Å². The third-order valence-electron chi connectivity index (χ3n) is 2.87. The van der Waals surface area contributed by atoms with Gasteiger partial charge in [0.15, 0.2) is 0 Å². The van der Waals surface area contributed by atoms with E-state index in [0.29, 0.717) is 5.75 Å². The maximum absolute atomic E-state index is 11.9. The predicted octanol–water partition coefficient (Wildman–Crippen LogP) is 2.87. The third-order valence-corrected chi connectivity index (χ3v) is 3.76. The van der Waals surface area contributed by atoms with E-state index in [0.717, 1.165) is 15.6 Å². The summed E-state index contributed by atoms with van der Waals surface area (Å²) in [6, 6.07) is 14.8. The van der Waals surface area contributed by atoms with Crippen LogP contribution in [-0.4, -0.2) is 5.91 Å². The Morgan fingerprint density at radius 1 is 1.25 bits per heavy atom. The van der Waals surface area contributed by atoms with Gasteiger partial charge in [-0.15, -0.1) is 0 Å². The fourth-order valence-corrected chi connectivity index (χ4v) is 2.05. The van der Waals surface area contributed by atoms with Crippen LogP contribution in [0.1, 0.15) is 17.2 Å². The Morgan fingerprint density at radius 2 is 1.95 bits per heavy atom. The van der Waals surface area contributed by atoms with Crippen molar-refractivity contribution in [2.45, 2.75) is 13.0 Å². The van der Waals surface area contributed by atoms with Crippen molar-refractivity contribution in [3.05, 3.63) is 64.1 Å². The van der Waals surface area contributed by atoms with Crippen molar-refractivity contribution >= 4 is 21.8 Å². The minimum Gasteiger partial charge on any atom is -0.476 e. The highest BCUT2D eigenvalue weighted by Gasteiger charge is 2.21. The van der Waals surface area contributed by atoms with Crippen molar-refractivity contribution in [2.24, 2.45) is 5.84 Å². The molecule has 0 aliphatic rings. The van der Waals surface area contributed by atoms with Gasteiger partial charge in [-0.1, -0.05) is 46.3 Å². The lowest BCUT2D eigenvalue weighted by Crippen LogP contribution is -2.37. The number of rotatable bonds is 4. The molecule has 1 atom stereocenters. The summed E-state index contributed by atoms with van der Waals surface area (Å²) in [5.74, 6) is 5.45. The molecular formula is C15H15BrN2O2. The van der Waals surface area contributed by atoms with Crippen LogP contribution < -0.4 is 16.0 Å². The van der Waals surface area contributed by atoms with Crippen LogP contribution in [0.5, 0.6) is 5.75 Å². The number of aryl methyl sites for hydroxylation is 1. The lowest BCUT2D eigenvalue weighted by molar-refractivity contribution is -0.128. The molecule has 3 N–H and O–H groups in total. The normalized spacial score (nSPS) is 11.8. The first kappa shape index (κ1) is 14.6. The maximum atomic E-state index is 11.9. The molecule has 0 saturated heterocycles. The van der Waals surface area contributed by atoms with Gasteiger partial charge in [0.1, 0.15) is 5.75 Å². The molecule has 0 aliphatic heterocycles.